The molecule has 3 amide bonds. The Bertz CT molecular complexity index is 603. The van der Waals surface area contributed by atoms with Crippen LogP contribution in [0.3, 0.4) is 0 Å². The molecule has 2 saturated heterocycles. The van der Waals surface area contributed by atoms with Crippen molar-refractivity contribution >= 4 is 17.9 Å². The van der Waals surface area contributed by atoms with Gasteiger partial charge in [0.25, 0.3) is 5.91 Å². The van der Waals surface area contributed by atoms with Crippen LogP contribution in [0.15, 0.2) is 4.99 Å². The quantitative estimate of drug-likeness (QED) is 0.398. The Kier molecular flexibility index (Phi) is 5.68. The van der Waals surface area contributed by atoms with Crippen LogP contribution in [0.1, 0.15) is 59.3 Å². The fraction of sp³-hybridized carbons (Fsp3) is 0.850. The van der Waals surface area contributed by atoms with Crippen molar-refractivity contribution in [2.75, 3.05) is 26.7 Å². The predicted molar refractivity (Wildman–Crippen MR) is 106 cm³/mol. The molecule has 3 aliphatic rings. The summed E-state index contributed by atoms with van der Waals surface area (Å²) in [6.07, 6.45) is 7.11. The number of aliphatic imine (C=N–C) groups is 1. The van der Waals surface area contributed by atoms with E-state index in [1.807, 2.05) is 14.0 Å². The average Bonchev–Trinajstić information content (AvgIpc) is 3.25. The van der Waals surface area contributed by atoms with Crippen molar-refractivity contribution in [1.29, 1.82) is 0 Å². The minimum atomic E-state index is -0.787. The van der Waals surface area contributed by atoms with E-state index in [1.165, 1.54) is 25.7 Å². The lowest BCUT2D eigenvalue weighted by molar-refractivity contribution is -0.125. The van der Waals surface area contributed by atoms with Crippen molar-refractivity contribution in [3.05, 3.63) is 0 Å². The Morgan fingerprint density at radius 3 is 2.37 bits per heavy atom. The third kappa shape index (κ3) is 4.06. The molecule has 0 bridgehead atoms. The molecule has 0 aromatic carbocycles. The van der Waals surface area contributed by atoms with Gasteiger partial charge in [-0.1, -0.05) is 26.7 Å². The first kappa shape index (κ1) is 20.0. The second-order valence-electron chi connectivity index (χ2n) is 9.24. The Morgan fingerprint density at radius 1 is 1.22 bits per heavy atom. The summed E-state index contributed by atoms with van der Waals surface area (Å²) in [6, 6.07) is -0.378. The molecule has 152 valence electrons. The summed E-state index contributed by atoms with van der Waals surface area (Å²) in [5, 5.41) is 8.79. The number of piperidine rings is 1. The molecule has 3 N–H and O–H groups in total. The Balaban J connectivity index is 1.53. The number of carbonyl (C=O) groups excluding carboxylic acids is 2. The molecule has 2 heterocycles. The largest absolute Gasteiger partial charge is 0.356 e. The number of imide groups is 1. The molecule has 3 fully saturated rings. The minimum absolute atomic E-state index is 0.147. The summed E-state index contributed by atoms with van der Waals surface area (Å²) in [4.78, 5) is 30.5. The summed E-state index contributed by atoms with van der Waals surface area (Å²) in [5.41, 5.74) is -0.519. The van der Waals surface area contributed by atoms with Gasteiger partial charge in [0.1, 0.15) is 5.54 Å². The number of likely N-dealkylation sites (tertiary alicyclic amines) is 1. The number of amides is 3. The molecule has 1 atom stereocenters. The number of nitrogens with one attached hydrogen (secondary N) is 3. The number of hydrogen-bond acceptors (Lipinski definition) is 3. The minimum Gasteiger partial charge on any atom is -0.356 e. The van der Waals surface area contributed by atoms with Gasteiger partial charge in [-0.25, -0.2) is 4.79 Å². The van der Waals surface area contributed by atoms with E-state index in [1.54, 1.807) is 0 Å². The first-order valence-corrected chi connectivity index (χ1v) is 10.4. The van der Waals surface area contributed by atoms with Gasteiger partial charge in [-0.15, -0.1) is 0 Å². The van der Waals surface area contributed by atoms with Crippen molar-refractivity contribution in [2.45, 2.75) is 64.8 Å². The van der Waals surface area contributed by atoms with Gasteiger partial charge in [0.05, 0.1) is 0 Å². The highest BCUT2D eigenvalue weighted by Crippen LogP contribution is 2.39. The van der Waals surface area contributed by atoms with E-state index in [4.69, 9.17) is 0 Å². The van der Waals surface area contributed by atoms with Gasteiger partial charge in [-0.2, -0.15) is 0 Å². The molecule has 1 unspecified atom stereocenters. The van der Waals surface area contributed by atoms with Crippen LogP contribution in [0.25, 0.3) is 0 Å². The maximum absolute atomic E-state index is 12.2. The summed E-state index contributed by atoms with van der Waals surface area (Å²) in [6.45, 7) is 9.17. The fourth-order valence-electron chi connectivity index (χ4n) is 5.00. The van der Waals surface area contributed by atoms with Crippen molar-refractivity contribution in [1.82, 2.24) is 20.9 Å². The Labute approximate surface area is 162 Å². The van der Waals surface area contributed by atoms with Crippen molar-refractivity contribution < 1.29 is 9.59 Å². The van der Waals surface area contributed by atoms with Crippen LogP contribution in [0.5, 0.6) is 0 Å². The number of hydrogen-bond donors (Lipinski definition) is 3. The van der Waals surface area contributed by atoms with Crippen LogP contribution >= 0.6 is 0 Å². The second kappa shape index (κ2) is 7.68. The first-order chi connectivity index (χ1) is 12.8. The highest BCUT2D eigenvalue weighted by molar-refractivity contribution is 6.07. The molecule has 7 heteroatoms. The topological polar surface area (TPSA) is 85.8 Å². The molecule has 7 nitrogen and oxygen atoms in total. The van der Waals surface area contributed by atoms with Crippen LogP contribution in [0, 0.1) is 17.3 Å². The number of nitrogens with zero attached hydrogens (tertiary/aromatic N) is 2. The summed E-state index contributed by atoms with van der Waals surface area (Å²) in [7, 11) is 1.84. The zero-order valence-corrected chi connectivity index (χ0v) is 17.2. The maximum Gasteiger partial charge on any atom is 0.322 e. The molecule has 27 heavy (non-hydrogen) atoms. The highest BCUT2D eigenvalue weighted by atomic mass is 16.2. The average molecular weight is 378 g/mol. The van der Waals surface area contributed by atoms with Gasteiger partial charge in [0, 0.05) is 26.7 Å². The van der Waals surface area contributed by atoms with Crippen molar-refractivity contribution in [3.8, 4) is 0 Å². The standard InChI is InChI=1S/C20H35N5O2/c1-19(2,14-7-5-6-8-14)13-22-17(21-4)25-11-9-15(10-12-25)20(3)16(26)23-18(27)24-20/h14-15H,5-13H2,1-4H3,(H,21,22)(H2,23,24,26,27). The molecule has 1 saturated carbocycles. The van der Waals surface area contributed by atoms with E-state index >= 15 is 0 Å². The van der Waals surface area contributed by atoms with Gasteiger partial charge in [0.2, 0.25) is 0 Å². The van der Waals surface area contributed by atoms with Gasteiger partial charge < -0.3 is 15.5 Å². The van der Waals surface area contributed by atoms with Crippen LogP contribution in [0.4, 0.5) is 4.79 Å². The number of guanidine groups is 1. The van der Waals surface area contributed by atoms with E-state index in [9.17, 15) is 9.59 Å². The molecular weight excluding hydrogens is 342 g/mol. The first-order valence-electron chi connectivity index (χ1n) is 10.4. The predicted octanol–water partition coefficient (Wildman–Crippen LogP) is 2.09. The molecule has 3 rings (SSSR count). The van der Waals surface area contributed by atoms with Gasteiger partial charge in [-0.05, 0) is 49.9 Å². The van der Waals surface area contributed by atoms with E-state index in [0.29, 0.717) is 0 Å². The lowest BCUT2D eigenvalue weighted by Gasteiger charge is -2.40. The number of urea groups is 1. The third-order valence-electron chi connectivity index (χ3n) is 7.06. The molecular formula is C20H35N5O2. The lowest BCUT2D eigenvalue weighted by atomic mass is 9.77. The van der Waals surface area contributed by atoms with Crippen LogP contribution in [0.2, 0.25) is 0 Å². The molecule has 0 aromatic heterocycles. The summed E-state index contributed by atoms with van der Waals surface area (Å²) >= 11 is 0. The second-order valence-corrected chi connectivity index (χ2v) is 9.24. The van der Waals surface area contributed by atoms with Gasteiger partial charge >= 0.3 is 6.03 Å². The smallest absolute Gasteiger partial charge is 0.322 e. The van der Waals surface area contributed by atoms with E-state index in [0.717, 1.165) is 44.4 Å². The molecule has 0 spiro atoms. The third-order valence-corrected chi connectivity index (χ3v) is 7.06. The monoisotopic (exact) mass is 377 g/mol. The molecule has 0 radical (unpaired) electrons. The zero-order chi connectivity index (χ0) is 19.7. The SMILES string of the molecule is CN=C(NCC(C)(C)C1CCCC1)N1CCC(C2(C)NC(=O)NC2=O)CC1. The van der Waals surface area contributed by atoms with E-state index in [-0.39, 0.29) is 23.3 Å². The van der Waals surface area contributed by atoms with Gasteiger partial charge in [-0.3, -0.25) is 15.1 Å². The molecule has 1 aliphatic carbocycles. The summed E-state index contributed by atoms with van der Waals surface area (Å²) in [5.74, 6) is 1.68. The lowest BCUT2D eigenvalue weighted by Crippen LogP contribution is -2.56. The Hall–Kier alpha value is -1.79. The highest BCUT2D eigenvalue weighted by Gasteiger charge is 2.48. The molecule has 2 aliphatic heterocycles. The number of rotatable bonds is 4. The van der Waals surface area contributed by atoms with Crippen molar-refractivity contribution in [3.63, 3.8) is 0 Å². The maximum atomic E-state index is 12.2. The Morgan fingerprint density at radius 2 is 1.85 bits per heavy atom. The normalized spacial score (nSPS) is 28.4. The van der Waals surface area contributed by atoms with Crippen molar-refractivity contribution in [2.24, 2.45) is 22.2 Å². The molecule has 0 aromatic rings. The van der Waals surface area contributed by atoms with E-state index in [2.05, 4.69) is 39.7 Å². The zero-order valence-electron chi connectivity index (χ0n) is 17.2. The number of carbonyl (C=O) groups is 2. The van der Waals surface area contributed by atoms with E-state index < -0.39 is 5.54 Å². The van der Waals surface area contributed by atoms with Crippen LogP contribution in [-0.4, -0.2) is 55.0 Å². The summed E-state index contributed by atoms with van der Waals surface area (Å²) < 4.78 is 0. The van der Waals surface area contributed by atoms with Crippen LogP contribution in [-0.2, 0) is 4.79 Å². The van der Waals surface area contributed by atoms with Gasteiger partial charge in [0.15, 0.2) is 5.96 Å². The fourth-order valence-corrected chi connectivity index (χ4v) is 5.00. The van der Waals surface area contributed by atoms with Crippen LogP contribution < -0.4 is 16.0 Å².